The highest BCUT2D eigenvalue weighted by atomic mass is 16.6. The maximum Gasteiger partial charge on any atom is 0.338 e. The SMILES string of the molecule is [N-]=[N+]=N[C@@H](COCc1ccccc1)[C@@H]1OC(=O)[C@@H](O)[C@H]1OCc1ccccc1. The van der Waals surface area contributed by atoms with E-state index in [9.17, 15) is 9.90 Å². The molecule has 0 amide bonds. The Balaban J connectivity index is 1.64. The standard InChI is InChI=1S/C20H21N3O5/c21-23-22-16(13-26-11-14-7-3-1-4-8-14)18-19(17(24)20(25)28-18)27-12-15-9-5-2-6-10-15/h1-10,16-19,24H,11-13H2/t16-,17-,18-,19+/m0/s1. The highest BCUT2D eigenvalue weighted by molar-refractivity contribution is 5.78. The summed E-state index contributed by atoms with van der Waals surface area (Å²) in [7, 11) is 0. The first-order valence-electron chi connectivity index (χ1n) is 8.89. The Kier molecular flexibility index (Phi) is 7.00. The first kappa shape index (κ1) is 19.9. The van der Waals surface area contributed by atoms with E-state index in [0.717, 1.165) is 11.1 Å². The summed E-state index contributed by atoms with van der Waals surface area (Å²) in [6, 6.07) is 18.0. The summed E-state index contributed by atoms with van der Waals surface area (Å²) >= 11 is 0. The Labute approximate surface area is 162 Å². The number of aliphatic hydroxyl groups is 1. The number of esters is 1. The fourth-order valence-corrected chi connectivity index (χ4v) is 2.97. The van der Waals surface area contributed by atoms with Crippen molar-refractivity contribution in [3.8, 4) is 0 Å². The maximum atomic E-state index is 11.9. The molecule has 3 rings (SSSR count). The lowest BCUT2D eigenvalue weighted by molar-refractivity contribution is -0.148. The number of ether oxygens (including phenoxy) is 3. The van der Waals surface area contributed by atoms with Crippen LogP contribution in [0, 0.1) is 0 Å². The number of aliphatic hydroxyl groups excluding tert-OH is 1. The second kappa shape index (κ2) is 9.87. The summed E-state index contributed by atoms with van der Waals surface area (Å²) in [6.45, 7) is 0.523. The Morgan fingerprint density at radius 3 is 2.29 bits per heavy atom. The van der Waals surface area contributed by atoms with E-state index in [4.69, 9.17) is 19.7 Å². The van der Waals surface area contributed by atoms with Crippen LogP contribution in [-0.2, 0) is 32.2 Å². The summed E-state index contributed by atoms with van der Waals surface area (Å²) in [4.78, 5) is 14.7. The van der Waals surface area contributed by atoms with Crippen molar-refractivity contribution < 1.29 is 24.1 Å². The fraction of sp³-hybridized carbons (Fsp3) is 0.350. The van der Waals surface area contributed by atoms with Gasteiger partial charge in [0.25, 0.3) is 0 Å². The summed E-state index contributed by atoms with van der Waals surface area (Å²) in [5.74, 6) is -0.802. The van der Waals surface area contributed by atoms with Gasteiger partial charge in [-0.25, -0.2) is 4.79 Å². The van der Waals surface area contributed by atoms with Gasteiger partial charge in [0.15, 0.2) is 6.10 Å². The van der Waals surface area contributed by atoms with Crippen molar-refractivity contribution >= 4 is 5.97 Å². The van der Waals surface area contributed by atoms with E-state index in [2.05, 4.69) is 10.0 Å². The summed E-state index contributed by atoms with van der Waals surface area (Å²) in [6.07, 6.45) is -3.33. The van der Waals surface area contributed by atoms with Crippen LogP contribution >= 0.6 is 0 Å². The molecule has 0 unspecified atom stereocenters. The van der Waals surface area contributed by atoms with Crippen LogP contribution in [0.2, 0.25) is 0 Å². The molecule has 0 spiro atoms. The molecule has 0 aromatic heterocycles. The van der Waals surface area contributed by atoms with Gasteiger partial charge in [0.2, 0.25) is 0 Å². The summed E-state index contributed by atoms with van der Waals surface area (Å²) in [5, 5.41) is 13.8. The van der Waals surface area contributed by atoms with E-state index in [0.29, 0.717) is 6.61 Å². The number of hydrogen-bond donors (Lipinski definition) is 1. The second-order valence-corrected chi connectivity index (χ2v) is 6.38. The van der Waals surface area contributed by atoms with E-state index in [-0.39, 0.29) is 13.2 Å². The molecule has 4 atom stereocenters. The molecular formula is C20H21N3O5. The van der Waals surface area contributed by atoms with Crippen molar-refractivity contribution in [1.82, 2.24) is 0 Å². The molecule has 1 saturated heterocycles. The molecule has 28 heavy (non-hydrogen) atoms. The van der Waals surface area contributed by atoms with E-state index in [1.807, 2.05) is 60.7 Å². The zero-order chi connectivity index (χ0) is 19.8. The van der Waals surface area contributed by atoms with Crippen LogP contribution in [0.3, 0.4) is 0 Å². The molecule has 2 aromatic rings. The van der Waals surface area contributed by atoms with Gasteiger partial charge in [0.1, 0.15) is 18.2 Å². The largest absolute Gasteiger partial charge is 0.457 e. The average molecular weight is 383 g/mol. The molecule has 8 nitrogen and oxygen atoms in total. The highest BCUT2D eigenvalue weighted by Crippen LogP contribution is 2.25. The van der Waals surface area contributed by atoms with E-state index < -0.39 is 30.3 Å². The molecule has 0 saturated carbocycles. The molecule has 1 aliphatic heterocycles. The third kappa shape index (κ3) is 5.09. The van der Waals surface area contributed by atoms with E-state index >= 15 is 0 Å². The molecule has 0 radical (unpaired) electrons. The van der Waals surface area contributed by atoms with Crippen LogP contribution in [0.4, 0.5) is 0 Å². The number of carbonyl (C=O) groups excluding carboxylic acids is 1. The van der Waals surface area contributed by atoms with Gasteiger partial charge in [-0.05, 0) is 16.7 Å². The topological polar surface area (TPSA) is 114 Å². The molecule has 1 aliphatic rings. The van der Waals surface area contributed by atoms with Crippen molar-refractivity contribution in [2.75, 3.05) is 6.61 Å². The van der Waals surface area contributed by atoms with Crippen molar-refractivity contribution in [2.24, 2.45) is 5.11 Å². The molecule has 1 heterocycles. The smallest absolute Gasteiger partial charge is 0.338 e. The molecule has 146 valence electrons. The third-order valence-electron chi connectivity index (χ3n) is 4.39. The number of nitrogens with zero attached hydrogens (tertiary/aromatic N) is 3. The number of carbonyl (C=O) groups is 1. The van der Waals surface area contributed by atoms with Gasteiger partial charge in [0, 0.05) is 4.91 Å². The number of rotatable bonds is 9. The van der Waals surface area contributed by atoms with Gasteiger partial charge in [-0.3, -0.25) is 0 Å². The molecule has 1 N–H and O–H groups in total. The van der Waals surface area contributed by atoms with Crippen LogP contribution < -0.4 is 0 Å². The van der Waals surface area contributed by atoms with Crippen LogP contribution in [0.1, 0.15) is 11.1 Å². The predicted octanol–water partition coefficient (Wildman–Crippen LogP) is 2.75. The Hall–Kier alpha value is -2.90. The summed E-state index contributed by atoms with van der Waals surface area (Å²) in [5.41, 5.74) is 10.7. The Morgan fingerprint density at radius 1 is 1.07 bits per heavy atom. The molecule has 8 heteroatoms. The Morgan fingerprint density at radius 2 is 1.68 bits per heavy atom. The third-order valence-corrected chi connectivity index (χ3v) is 4.39. The lowest BCUT2D eigenvalue weighted by Crippen LogP contribution is -2.41. The first-order valence-corrected chi connectivity index (χ1v) is 8.89. The number of cyclic esters (lactones) is 1. The minimum atomic E-state index is -1.45. The average Bonchev–Trinajstić information content (AvgIpc) is 3.01. The van der Waals surface area contributed by atoms with Crippen LogP contribution in [-0.4, -0.2) is 42.0 Å². The summed E-state index contributed by atoms with van der Waals surface area (Å²) < 4.78 is 16.6. The second-order valence-electron chi connectivity index (χ2n) is 6.38. The fourth-order valence-electron chi connectivity index (χ4n) is 2.97. The normalized spacial score (nSPS) is 22.3. The zero-order valence-electron chi connectivity index (χ0n) is 15.1. The van der Waals surface area contributed by atoms with E-state index in [1.165, 1.54) is 0 Å². The molecule has 2 aromatic carbocycles. The van der Waals surface area contributed by atoms with E-state index in [1.54, 1.807) is 0 Å². The number of benzene rings is 2. The minimum Gasteiger partial charge on any atom is -0.457 e. The predicted molar refractivity (Wildman–Crippen MR) is 99.9 cm³/mol. The van der Waals surface area contributed by atoms with Crippen LogP contribution in [0.25, 0.3) is 10.4 Å². The van der Waals surface area contributed by atoms with Gasteiger partial charge in [-0.15, -0.1) is 0 Å². The van der Waals surface area contributed by atoms with Crippen molar-refractivity contribution in [3.05, 3.63) is 82.2 Å². The first-order chi connectivity index (χ1) is 13.7. The van der Waals surface area contributed by atoms with Gasteiger partial charge >= 0.3 is 5.97 Å². The highest BCUT2D eigenvalue weighted by Gasteiger charge is 2.48. The van der Waals surface area contributed by atoms with Crippen LogP contribution in [0.5, 0.6) is 0 Å². The van der Waals surface area contributed by atoms with Crippen molar-refractivity contribution in [2.45, 2.75) is 37.6 Å². The number of azide groups is 1. The van der Waals surface area contributed by atoms with Crippen molar-refractivity contribution in [1.29, 1.82) is 0 Å². The Bertz CT molecular complexity index is 811. The maximum absolute atomic E-state index is 11.9. The van der Waals surface area contributed by atoms with Crippen LogP contribution in [0.15, 0.2) is 65.8 Å². The quantitative estimate of drug-likeness (QED) is 0.309. The zero-order valence-corrected chi connectivity index (χ0v) is 15.1. The minimum absolute atomic E-state index is 0.0226. The monoisotopic (exact) mass is 383 g/mol. The lowest BCUT2D eigenvalue weighted by atomic mass is 10.0. The molecule has 0 bridgehead atoms. The van der Waals surface area contributed by atoms with Gasteiger partial charge in [0.05, 0.1) is 19.8 Å². The molecule has 0 aliphatic carbocycles. The van der Waals surface area contributed by atoms with Crippen molar-refractivity contribution in [3.63, 3.8) is 0 Å². The van der Waals surface area contributed by atoms with Gasteiger partial charge in [-0.1, -0.05) is 65.8 Å². The molecular weight excluding hydrogens is 362 g/mol. The number of hydrogen-bond acceptors (Lipinski definition) is 6. The lowest BCUT2D eigenvalue weighted by Gasteiger charge is -2.24. The van der Waals surface area contributed by atoms with Gasteiger partial charge < -0.3 is 19.3 Å². The molecule has 1 fully saturated rings. The van der Waals surface area contributed by atoms with Gasteiger partial charge in [-0.2, -0.15) is 0 Å².